The van der Waals surface area contributed by atoms with Gasteiger partial charge in [-0.05, 0) is 38.0 Å². The lowest BCUT2D eigenvalue weighted by molar-refractivity contribution is -0.109. The van der Waals surface area contributed by atoms with Gasteiger partial charge in [0.05, 0.1) is 0 Å². The predicted octanol–water partition coefficient (Wildman–Crippen LogP) is 3.30. The van der Waals surface area contributed by atoms with Crippen molar-refractivity contribution in [2.75, 3.05) is 13.1 Å². The Bertz CT molecular complexity index is 183. The van der Waals surface area contributed by atoms with Crippen LogP contribution < -0.4 is 0 Å². The summed E-state index contributed by atoms with van der Waals surface area (Å²) in [5.41, 5.74) is 0.794. The second-order valence-electron chi connectivity index (χ2n) is 5.92. The minimum Gasteiger partial charge on any atom is -0.300 e. The Morgan fingerprint density at radius 1 is 1.29 bits per heavy atom. The molecular weight excluding hydrogens is 170 g/mol. The minimum absolute atomic E-state index is 0.773. The van der Waals surface area contributed by atoms with Crippen molar-refractivity contribution in [2.45, 2.75) is 58.9 Å². The molecule has 0 bridgehead atoms. The molecule has 0 amide bonds. The molecule has 1 saturated heterocycles. The highest BCUT2D eigenvalue weighted by atomic mass is 15.2. The van der Waals surface area contributed by atoms with Crippen molar-refractivity contribution in [1.82, 2.24) is 4.90 Å². The van der Waals surface area contributed by atoms with Gasteiger partial charge in [0, 0.05) is 19.1 Å². The van der Waals surface area contributed by atoms with Gasteiger partial charge in [-0.2, -0.15) is 0 Å². The number of hydrogen-bond donors (Lipinski definition) is 0. The zero-order valence-corrected chi connectivity index (χ0v) is 10.1. The van der Waals surface area contributed by atoms with Gasteiger partial charge in [-0.3, -0.25) is 4.90 Å². The maximum Gasteiger partial charge on any atom is 0.00534 e. The predicted molar refractivity (Wildman–Crippen MR) is 61.4 cm³/mol. The maximum absolute atomic E-state index is 2.62. The Hall–Kier alpha value is -0.0400. The topological polar surface area (TPSA) is 3.24 Å². The molecule has 1 heterocycles. The van der Waals surface area contributed by atoms with Crippen molar-refractivity contribution in [1.29, 1.82) is 0 Å². The number of rotatable bonds is 4. The van der Waals surface area contributed by atoms with Crippen LogP contribution >= 0.6 is 0 Å². The van der Waals surface area contributed by atoms with Crippen LogP contribution in [0.4, 0.5) is 0 Å². The average Bonchev–Trinajstić information content (AvgIpc) is 1.98. The molecule has 1 nitrogen and oxygen atoms in total. The molecule has 2 rings (SSSR count). The first-order valence-corrected chi connectivity index (χ1v) is 6.39. The molecule has 1 heteroatoms. The second kappa shape index (κ2) is 3.84. The molecule has 1 saturated carbocycles. The molecule has 0 aromatic rings. The molecule has 1 aliphatic heterocycles. The van der Waals surface area contributed by atoms with Crippen LogP contribution in [0.2, 0.25) is 0 Å². The van der Waals surface area contributed by atoms with Crippen molar-refractivity contribution >= 4 is 0 Å². The summed E-state index contributed by atoms with van der Waals surface area (Å²) in [4.78, 5) is 2.62. The highest BCUT2D eigenvalue weighted by Gasteiger charge is 2.51. The number of nitrogens with zero attached hydrogens (tertiary/aromatic N) is 1. The van der Waals surface area contributed by atoms with Gasteiger partial charge in [-0.15, -0.1) is 0 Å². The van der Waals surface area contributed by atoms with E-state index in [9.17, 15) is 0 Å². The molecule has 82 valence electrons. The quantitative estimate of drug-likeness (QED) is 0.665. The highest BCUT2D eigenvalue weighted by molar-refractivity contribution is 5.04. The van der Waals surface area contributed by atoms with Gasteiger partial charge in [0.1, 0.15) is 0 Å². The molecule has 0 atom stereocenters. The van der Waals surface area contributed by atoms with E-state index in [-0.39, 0.29) is 0 Å². The highest BCUT2D eigenvalue weighted by Crippen LogP contribution is 2.53. The number of unbranched alkanes of at least 4 members (excludes halogenated alkanes) is 1. The van der Waals surface area contributed by atoms with Gasteiger partial charge in [-0.1, -0.05) is 26.2 Å². The third-order valence-corrected chi connectivity index (χ3v) is 4.22. The van der Waals surface area contributed by atoms with Crippen LogP contribution in [0, 0.1) is 11.3 Å². The van der Waals surface area contributed by atoms with Crippen molar-refractivity contribution in [2.24, 2.45) is 11.3 Å². The molecular formula is C13H25N. The minimum atomic E-state index is 0.773. The fourth-order valence-corrected chi connectivity index (χ4v) is 3.30. The van der Waals surface area contributed by atoms with Gasteiger partial charge in [0.25, 0.3) is 0 Å². The molecule has 0 radical (unpaired) electrons. The summed E-state index contributed by atoms with van der Waals surface area (Å²) in [6, 6.07) is 0.773. The van der Waals surface area contributed by atoms with Crippen molar-refractivity contribution in [3.8, 4) is 0 Å². The van der Waals surface area contributed by atoms with Crippen LogP contribution in [0.5, 0.6) is 0 Å². The lowest BCUT2D eigenvalue weighted by Crippen LogP contribution is -2.63. The van der Waals surface area contributed by atoms with Crippen molar-refractivity contribution in [3.05, 3.63) is 0 Å². The van der Waals surface area contributed by atoms with E-state index in [1.165, 1.54) is 45.2 Å². The molecule has 1 spiro atoms. The third kappa shape index (κ3) is 1.84. The summed E-state index contributed by atoms with van der Waals surface area (Å²) in [6.07, 6.45) is 7.41. The smallest absolute Gasteiger partial charge is 0.00534 e. The summed E-state index contributed by atoms with van der Waals surface area (Å²) in [6.45, 7) is 9.74. The van der Waals surface area contributed by atoms with Crippen LogP contribution in [0.25, 0.3) is 0 Å². The lowest BCUT2D eigenvalue weighted by atomic mass is 9.56. The van der Waals surface area contributed by atoms with Crippen LogP contribution in [0.1, 0.15) is 52.9 Å². The van der Waals surface area contributed by atoms with Crippen LogP contribution in [-0.4, -0.2) is 24.0 Å². The van der Waals surface area contributed by atoms with Crippen molar-refractivity contribution in [3.63, 3.8) is 0 Å². The zero-order valence-electron chi connectivity index (χ0n) is 10.1. The zero-order chi connectivity index (χ0) is 10.2. The Morgan fingerprint density at radius 3 is 2.43 bits per heavy atom. The van der Waals surface area contributed by atoms with E-state index in [1.807, 2.05) is 0 Å². The second-order valence-corrected chi connectivity index (χ2v) is 5.92. The van der Waals surface area contributed by atoms with Crippen LogP contribution in [0.15, 0.2) is 0 Å². The first kappa shape index (κ1) is 10.5. The van der Waals surface area contributed by atoms with E-state index >= 15 is 0 Å². The van der Waals surface area contributed by atoms with E-state index in [0.29, 0.717) is 0 Å². The number of likely N-dealkylation sites (tertiary alicyclic amines) is 1. The Morgan fingerprint density at radius 2 is 1.93 bits per heavy atom. The standard InChI is InChI=1S/C13H25N/c1-4-5-6-12-7-13(8-12)9-14(10-13)11(2)3/h11-12H,4-10H2,1-3H3. The average molecular weight is 195 g/mol. The Labute approximate surface area is 88.9 Å². The third-order valence-electron chi connectivity index (χ3n) is 4.22. The van der Waals surface area contributed by atoms with E-state index in [1.54, 1.807) is 0 Å². The molecule has 2 aliphatic rings. The largest absolute Gasteiger partial charge is 0.300 e. The molecule has 0 unspecified atom stereocenters. The first-order valence-electron chi connectivity index (χ1n) is 6.39. The van der Waals surface area contributed by atoms with Gasteiger partial charge < -0.3 is 0 Å². The molecule has 14 heavy (non-hydrogen) atoms. The fourth-order valence-electron chi connectivity index (χ4n) is 3.30. The monoisotopic (exact) mass is 195 g/mol. The summed E-state index contributed by atoms with van der Waals surface area (Å²) < 4.78 is 0. The molecule has 2 fully saturated rings. The molecule has 0 aromatic carbocycles. The lowest BCUT2D eigenvalue weighted by Gasteiger charge is -2.60. The maximum atomic E-state index is 2.62. The summed E-state index contributed by atoms with van der Waals surface area (Å²) >= 11 is 0. The summed E-state index contributed by atoms with van der Waals surface area (Å²) in [7, 11) is 0. The van der Waals surface area contributed by atoms with Crippen LogP contribution in [-0.2, 0) is 0 Å². The Kier molecular flexibility index (Phi) is 2.88. The van der Waals surface area contributed by atoms with E-state index in [2.05, 4.69) is 25.7 Å². The number of hydrogen-bond acceptors (Lipinski definition) is 1. The normalized spacial score (nSPS) is 26.6. The first-order chi connectivity index (χ1) is 6.65. The van der Waals surface area contributed by atoms with E-state index in [4.69, 9.17) is 0 Å². The SMILES string of the molecule is CCCCC1CC2(C1)CN(C(C)C)C2. The fraction of sp³-hybridized carbons (Fsp3) is 1.00. The van der Waals surface area contributed by atoms with Gasteiger partial charge in [0.15, 0.2) is 0 Å². The molecule has 1 aliphatic carbocycles. The molecule has 0 aromatic heterocycles. The van der Waals surface area contributed by atoms with Crippen molar-refractivity contribution < 1.29 is 0 Å². The summed E-state index contributed by atoms with van der Waals surface area (Å²) in [5.74, 6) is 1.09. The van der Waals surface area contributed by atoms with Crippen LogP contribution in [0.3, 0.4) is 0 Å². The summed E-state index contributed by atoms with van der Waals surface area (Å²) in [5, 5.41) is 0. The van der Waals surface area contributed by atoms with Gasteiger partial charge >= 0.3 is 0 Å². The van der Waals surface area contributed by atoms with Gasteiger partial charge in [-0.25, -0.2) is 0 Å². The molecule has 0 N–H and O–H groups in total. The van der Waals surface area contributed by atoms with E-state index in [0.717, 1.165) is 17.4 Å². The van der Waals surface area contributed by atoms with E-state index < -0.39 is 0 Å². The van der Waals surface area contributed by atoms with Gasteiger partial charge in [0.2, 0.25) is 0 Å². The Balaban J connectivity index is 1.64.